The number of carbonyl (C=O) groups excluding carboxylic acids is 1. The molecule has 4 rings (SSSR count). The van der Waals surface area contributed by atoms with E-state index in [9.17, 15) is 4.79 Å². The zero-order chi connectivity index (χ0) is 10.5. The van der Waals surface area contributed by atoms with E-state index in [0.717, 1.165) is 17.8 Å². The summed E-state index contributed by atoms with van der Waals surface area (Å²) in [5.41, 5.74) is 2.56. The average molecular weight is 209 g/mol. The fraction of sp³-hybridized carbons (Fsp3) is 0.917. The van der Waals surface area contributed by atoms with E-state index in [1.807, 2.05) is 0 Å². The van der Waals surface area contributed by atoms with Crippen molar-refractivity contribution in [2.45, 2.75) is 51.0 Å². The molecule has 0 radical (unpaired) electrons. The summed E-state index contributed by atoms with van der Waals surface area (Å²) in [7, 11) is 0. The molecular weight excluding hydrogens is 190 g/mol. The second-order valence-electron chi connectivity index (χ2n) is 5.86. The van der Waals surface area contributed by atoms with Gasteiger partial charge in [-0.05, 0) is 56.3 Å². The number of hydrogen-bond acceptors (Lipinski definition) is 2. The Morgan fingerprint density at radius 3 is 2.00 bits per heavy atom. The van der Waals surface area contributed by atoms with Gasteiger partial charge < -0.3 is 0 Å². The normalized spacial score (nSPS) is 46.9. The number of amides is 1. The second kappa shape index (κ2) is 3.21. The molecule has 4 aliphatic rings. The van der Waals surface area contributed by atoms with E-state index in [4.69, 9.17) is 4.84 Å². The molecule has 0 atom stereocenters. The van der Waals surface area contributed by atoms with Crippen LogP contribution in [0.3, 0.4) is 0 Å². The Labute approximate surface area is 90.5 Å². The number of hydrogen-bond donors (Lipinski definition) is 1. The maximum atomic E-state index is 10.9. The molecule has 3 heteroatoms. The molecule has 4 saturated carbocycles. The van der Waals surface area contributed by atoms with Crippen molar-refractivity contribution in [2.24, 2.45) is 17.8 Å². The summed E-state index contributed by atoms with van der Waals surface area (Å²) in [5.74, 6) is 2.52. The Balaban J connectivity index is 1.72. The SMILES string of the molecule is CC(=O)NOC12CC3CC(CC(C3)C1)C2. The van der Waals surface area contributed by atoms with Crippen molar-refractivity contribution < 1.29 is 9.63 Å². The fourth-order valence-electron chi connectivity index (χ4n) is 4.34. The maximum Gasteiger partial charge on any atom is 0.240 e. The molecule has 0 aliphatic heterocycles. The highest BCUT2D eigenvalue weighted by Gasteiger charge is 2.52. The summed E-state index contributed by atoms with van der Waals surface area (Å²) >= 11 is 0. The predicted octanol–water partition coefficient (Wildman–Crippen LogP) is 2.02. The number of hydroxylamine groups is 1. The largest absolute Gasteiger partial charge is 0.273 e. The van der Waals surface area contributed by atoms with E-state index < -0.39 is 0 Å². The van der Waals surface area contributed by atoms with Gasteiger partial charge in [0.25, 0.3) is 0 Å². The molecule has 84 valence electrons. The van der Waals surface area contributed by atoms with Gasteiger partial charge in [-0.1, -0.05) is 0 Å². The van der Waals surface area contributed by atoms with Crippen LogP contribution in [0.25, 0.3) is 0 Å². The Morgan fingerprint density at radius 2 is 1.60 bits per heavy atom. The van der Waals surface area contributed by atoms with Crippen LogP contribution in [0.4, 0.5) is 0 Å². The van der Waals surface area contributed by atoms with Gasteiger partial charge >= 0.3 is 0 Å². The van der Waals surface area contributed by atoms with Gasteiger partial charge in [0, 0.05) is 6.92 Å². The summed E-state index contributed by atoms with van der Waals surface area (Å²) in [5, 5.41) is 0. The lowest BCUT2D eigenvalue weighted by Crippen LogP contribution is -2.54. The zero-order valence-electron chi connectivity index (χ0n) is 9.29. The van der Waals surface area contributed by atoms with E-state index in [2.05, 4.69) is 5.48 Å². The molecule has 0 unspecified atom stereocenters. The molecule has 3 nitrogen and oxygen atoms in total. The molecule has 4 bridgehead atoms. The van der Waals surface area contributed by atoms with E-state index in [1.165, 1.54) is 45.4 Å². The first kappa shape index (κ1) is 9.64. The molecule has 0 aromatic rings. The average Bonchev–Trinajstić information content (AvgIpc) is 2.12. The summed E-state index contributed by atoms with van der Waals surface area (Å²) in [4.78, 5) is 16.6. The van der Waals surface area contributed by atoms with Crippen LogP contribution in [-0.4, -0.2) is 11.5 Å². The topological polar surface area (TPSA) is 38.3 Å². The highest BCUT2D eigenvalue weighted by Crippen LogP contribution is 2.56. The first-order chi connectivity index (χ1) is 7.15. The van der Waals surface area contributed by atoms with Crippen molar-refractivity contribution >= 4 is 5.91 Å². The minimum absolute atomic E-state index is 0.000417. The van der Waals surface area contributed by atoms with Crippen LogP contribution in [0, 0.1) is 17.8 Å². The van der Waals surface area contributed by atoms with Gasteiger partial charge in [0.15, 0.2) is 0 Å². The fourth-order valence-corrected chi connectivity index (χ4v) is 4.34. The molecule has 0 aromatic carbocycles. The zero-order valence-corrected chi connectivity index (χ0v) is 9.29. The quantitative estimate of drug-likeness (QED) is 0.707. The first-order valence-electron chi connectivity index (χ1n) is 6.10. The van der Waals surface area contributed by atoms with E-state index in [0.29, 0.717) is 0 Å². The lowest BCUT2D eigenvalue weighted by molar-refractivity contribution is -0.199. The smallest absolute Gasteiger partial charge is 0.240 e. The number of carbonyl (C=O) groups is 1. The predicted molar refractivity (Wildman–Crippen MR) is 55.8 cm³/mol. The van der Waals surface area contributed by atoms with Gasteiger partial charge in [0.05, 0.1) is 5.60 Å². The molecule has 15 heavy (non-hydrogen) atoms. The third kappa shape index (κ3) is 1.67. The number of nitrogens with one attached hydrogen (secondary N) is 1. The Morgan fingerprint density at radius 1 is 1.13 bits per heavy atom. The summed E-state index contributed by atoms with van der Waals surface area (Å²) in [6.45, 7) is 1.51. The summed E-state index contributed by atoms with van der Waals surface area (Å²) in [6.07, 6.45) is 7.71. The molecule has 0 spiro atoms. The molecule has 1 N–H and O–H groups in total. The standard InChI is InChI=1S/C12H19NO2/c1-8(14)13-15-12-5-9-2-10(6-12)4-11(3-9)7-12/h9-11H,2-7H2,1H3,(H,13,14). The Hall–Kier alpha value is -0.570. The van der Waals surface area contributed by atoms with Crippen molar-refractivity contribution in [3.63, 3.8) is 0 Å². The van der Waals surface area contributed by atoms with Gasteiger partial charge in [-0.2, -0.15) is 0 Å². The van der Waals surface area contributed by atoms with Crippen molar-refractivity contribution in [3.05, 3.63) is 0 Å². The molecule has 4 aliphatic carbocycles. The van der Waals surface area contributed by atoms with Gasteiger partial charge in [-0.15, -0.1) is 0 Å². The minimum atomic E-state index is -0.0780. The molecule has 4 fully saturated rings. The minimum Gasteiger partial charge on any atom is -0.273 e. The van der Waals surface area contributed by atoms with Crippen LogP contribution < -0.4 is 5.48 Å². The van der Waals surface area contributed by atoms with Crippen molar-refractivity contribution in [2.75, 3.05) is 0 Å². The van der Waals surface area contributed by atoms with Gasteiger partial charge in [-0.25, -0.2) is 5.48 Å². The summed E-state index contributed by atoms with van der Waals surface area (Å²) < 4.78 is 0. The maximum absolute atomic E-state index is 10.9. The number of rotatable bonds is 2. The first-order valence-corrected chi connectivity index (χ1v) is 6.10. The molecule has 1 amide bonds. The van der Waals surface area contributed by atoms with E-state index in [-0.39, 0.29) is 11.5 Å². The molecule has 0 saturated heterocycles. The monoisotopic (exact) mass is 209 g/mol. The van der Waals surface area contributed by atoms with Crippen molar-refractivity contribution in [1.29, 1.82) is 0 Å². The van der Waals surface area contributed by atoms with Gasteiger partial charge in [-0.3, -0.25) is 9.63 Å². The van der Waals surface area contributed by atoms with Crippen molar-refractivity contribution in [1.82, 2.24) is 5.48 Å². The van der Waals surface area contributed by atoms with Crippen LogP contribution >= 0.6 is 0 Å². The molecule has 0 aromatic heterocycles. The lowest BCUT2D eigenvalue weighted by atomic mass is 9.54. The lowest BCUT2D eigenvalue weighted by Gasteiger charge is -2.55. The highest BCUT2D eigenvalue weighted by molar-refractivity contribution is 5.71. The van der Waals surface area contributed by atoms with E-state index in [1.54, 1.807) is 0 Å². The van der Waals surface area contributed by atoms with Crippen LogP contribution in [-0.2, 0) is 9.63 Å². The van der Waals surface area contributed by atoms with Crippen LogP contribution in [0.15, 0.2) is 0 Å². The molecular formula is C12H19NO2. The van der Waals surface area contributed by atoms with Crippen molar-refractivity contribution in [3.8, 4) is 0 Å². The van der Waals surface area contributed by atoms with Crippen LogP contribution in [0.5, 0.6) is 0 Å². The van der Waals surface area contributed by atoms with Crippen LogP contribution in [0.2, 0.25) is 0 Å². The van der Waals surface area contributed by atoms with Gasteiger partial charge in [0.2, 0.25) is 5.91 Å². The summed E-state index contributed by atoms with van der Waals surface area (Å²) in [6, 6.07) is 0. The third-order valence-electron chi connectivity index (χ3n) is 4.39. The Kier molecular flexibility index (Phi) is 2.06. The van der Waals surface area contributed by atoms with E-state index >= 15 is 0 Å². The molecule has 0 heterocycles. The third-order valence-corrected chi connectivity index (χ3v) is 4.39. The Bertz CT molecular complexity index is 252. The highest BCUT2D eigenvalue weighted by atomic mass is 16.7. The van der Waals surface area contributed by atoms with Gasteiger partial charge in [0.1, 0.15) is 0 Å². The van der Waals surface area contributed by atoms with Crippen LogP contribution in [0.1, 0.15) is 45.4 Å². The second-order valence-corrected chi connectivity index (χ2v) is 5.86.